The highest BCUT2D eigenvalue weighted by atomic mass is 35.5. The van der Waals surface area contributed by atoms with Gasteiger partial charge in [0.1, 0.15) is 5.82 Å². The second-order valence-electron chi connectivity index (χ2n) is 5.78. The lowest BCUT2D eigenvalue weighted by molar-refractivity contribution is -0.151. The Balaban J connectivity index is 2.16. The Morgan fingerprint density at radius 1 is 1.55 bits per heavy atom. The third-order valence-corrected chi connectivity index (χ3v) is 4.71. The van der Waals surface area contributed by atoms with Crippen molar-refractivity contribution >= 4 is 17.6 Å². The molecule has 1 N–H and O–H groups in total. The molecule has 0 saturated carbocycles. The molecule has 2 rings (SSSR count). The van der Waals surface area contributed by atoms with Crippen LogP contribution in [0.1, 0.15) is 25.8 Å². The van der Waals surface area contributed by atoms with Crippen molar-refractivity contribution in [3.63, 3.8) is 0 Å². The first kappa shape index (κ1) is 15.3. The Morgan fingerprint density at radius 2 is 2.25 bits per heavy atom. The van der Waals surface area contributed by atoms with Gasteiger partial charge in [0.25, 0.3) is 0 Å². The lowest BCUT2D eigenvalue weighted by atomic mass is 9.76. The van der Waals surface area contributed by atoms with E-state index < -0.39 is 11.4 Å². The molecule has 20 heavy (non-hydrogen) atoms. The second kappa shape index (κ2) is 5.70. The van der Waals surface area contributed by atoms with Crippen molar-refractivity contribution in [3.8, 4) is 0 Å². The highest BCUT2D eigenvalue weighted by molar-refractivity contribution is 6.31. The van der Waals surface area contributed by atoms with Crippen molar-refractivity contribution in [1.29, 1.82) is 0 Å². The Labute approximate surface area is 123 Å². The Morgan fingerprint density at radius 3 is 2.75 bits per heavy atom. The van der Waals surface area contributed by atoms with Gasteiger partial charge in [-0.1, -0.05) is 31.5 Å². The zero-order chi connectivity index (χ0) is 14.9. The van der Waals surface area contributed by atoms with Crippen molar-refractivity contribution in [1.82, 2.24) is 4.90 Å². The van der Waals surface area contributed by atoms with E-state index in [-0.39, 0.29) is 11.7 Å². The predicted octanol–water partition coefficient (Wildman–Crippen LogP) is 3.41. The summed E-state index contributed by atoms with van der Waals surface area (Å²) >= 11 is 6.02. The molecule has 0 spiro atoms. The maximum atomic E-state index is 13.8. The summed E-state index contributed by atoms with van der Waals surface area (Å²) < 4.78 is 13.8. The molecule has 0 radical (unpaired) electrons. The van der Waals surface area contributed by atoms with E-state index in [2.05, 4.69) is 0 Å². The molecule has 1 unspecified atom stereocenters. The van der Waals surface area contributed by atoms with Crippen LogP contribution in [0.4, 0.5) is 4.39 Å². The highest BCUT2D eigenvalue weighted by Crippen LogP contribution is 2.39. The molecule has 1 aromatic carbocycles. The van der Waals surface area contributed by atoms with Gasteiger partial charge in [-0.05, 0) is 31.0 Å². The summed E-state index contributed by atoms with van der Waals surface area (Å²) in [6, 6.07) is 4.61. The van der Waals surface area contributed by atoms with Gasteiger partial charge in [0, 0.05) is 23.7 Å². The lowest BCUT2D eigenvalue weighted by Gasteiger charge is -2.29. The van der Waals surface area contributed by atoms with Crippen LogP contribution in [0, 0.1) is 17.2 Å². The Hall–Kier alpha value is -1.13. The number of rotatable bonds is 4. The van der Waals surface area contributed by atoms with Crippen molar-refractivity contribution in [2.45, 2.75) is 26.8 Å². The van der Waals surface area contributed by atoms with E-state index in [0.29, 0.717) is 36.6 Å². The number of carbonyl (C=O) groups is 1. The van der Waals surface area contributed by atoms with E-state index in [1.165, 1.54) is 6.07 Å². The molecule has 0 bridgehead atoms. The second-order valence-corrected chi connectivity index (χ2v) is 6.18. The SMILES string of the molecule is CC(C)C1(C(=O)O)CCN(Cc2c(F)cccc2Cl)C1. The molecule has 5 heteroatoms. The minimum Gasteiger partial charge on any atom is -0.481 e. The highest BCUT2D eigenvalue weighted by Gasteiger charge is 2.47. The van der Waals surface area contributed by atoms with Crippen LogP contribution in [-0.4, -0.2) is 29.1 Å². The molecule has 1 fully saturated rings. The van der Waals surface area contributed by atoms with Gasteiger partial charge in [-0.15, -0.1) is 0 Å². The first-order valence-electron chi connectivity index (χ1n) is 6.75. The quantitative estimate of drug-likeness (QED) is 0.926. The number of halogens is 2. The van der Waals surface area contributed by atoms with Gasteiger partial charge in [-0.2, -0.15) is 0 Å². The third-order valence-electron chi connectivity index (χ3n) is 4.35. The minimum atomic E-state index is -0.769. The van der Waals surface area contributed by atoms with E-state index in [0.717, 1.165) is 0 Å². The molecule has 1 aromatic rings. The first-order valence-corrected chi connectivity index (χ1v) is 7.13. The zero-order valence-corrected chi connectivity index (χ0v) is 12.5. The van der Waals surface area contributed by atoms with Crippen molar-refractivity contribution in [2.75, 3.05) is 13.1 Å². The number of aliphatic carboxylic acids is 1. The van der Waals surface area contributed by atoms with Gasteiger partial charge in [-0.3, -0.25) is 9.69 Å². The number of benzene rings is 1. The molecule has 0 amide bonds. The molecule has 0 aliphatic carbocycles. The van der Waals surface area contributed by atoms with Crippen molar-refractivity contribution < 1.29 is 14.3 Å². The smallest absolute Gasteiger partial charge is 0.311 e. The van der Waals surface area contributed by atoms with E-state index in [1.54, 1.807) is 12.1 Å². The van der Waals surface area contributed by atoms with Crippen LogP contribution in [0.25, 0.3) is 0 Å². The zero-order valence-electron chi connectivity index (χ0n) is 11.7. The van der Waals surface area contributed by atoms with Crippen LogP contribution in [0.2, 0.25) is 5.02 Å². The van der Waals surface area contributed by atoms with Gasteiger partial charge in [-0.25, -0.2) is 4.39 Å². The molecule has 110 valence electrons. The van der Waals surface area contributed by atoms with Crippen LogP contribution in [0.3, 0.4) is 0 Å². The summed E-state index contributed by atoms with van der Waals surface area (Å²) in [5.74, 6) is -1.06. The average molecular weight is 300 g/mol. The largest absolute Gasteiger partial charge is 0.481 e. The average Bonchev–Trinajstić information content (AvgIpc) is 2.79. The maximum Gasteiger partial charge on any atom is 0.311 e. The predicted molar refractivity (Wildman–Crippen MR) is 76.2 cm³/mol. The summed E-state index contributed by atoms with van der Waals surface area (Å²) in [7, 11) is 0. The standard InChI is InChI=1S/C15H19ClFNO2/c1-10(2)15(14(19)20)6-7-18(9-15)8-11-12(16)4-3-5-13(11)17/h3-5,10H,6-9H2,1-2H3,(H,19,20). The van der Waals surface area contributed by atoms with Gasteiger partial charge in [0.2, 0.25) is 0 Å². The van der Waals surface area contributed by atoms with E-state index in [4.69, 9.17) is 11.6 Å². The van der Waals surface area contributed by atoms with Crippen LogP contribution < -0.4 is 0 Å². The maximum absolute atomic E-state index is 13.8. The monoisotopic (exact) mass is 299 g/mol. The van der Waals surface area contributed by atoms with E-state index >= 15 is 0 Å². The lowest BCUT2D eigenvalue weighted by Crippen LogP contribution is -2.39. The van der Waals surface area contributed by atoms with Crippen LogP contribution in [0.5, 0.6) is 0 Å². The fourth-order valence-electron chi connectivity index (χ4n) is 2.85. The van der Waals surface area contributed by atoms with Crippen molar-refractivity contribution in [3.05, 3.63) is 34.6 Å². The van der Waals surface area contributed by atoms with Crippen LogP contribution >= 0.6 is 11.6 Å². The summed E-state index contributed by atoms with van der Waals surface area (Å²) in [6.45, 7) is 5.29. The topological polar surface area (TPSA) is 40.5 Å². The van der Waals surface area contributed by atoms with Gasteiger partial charge < -0.3 is 5.11 Å². The molecule has 1 atom stereocenters. The molecular formula is C15H19ClFNO2. The Kier molecular flexibility index (Phi) is 4.35. The number of hydrogen-bond acceptors (Lipinski definition) is 2. The number of carboxylic acids is 1. The van der Waals surface area contributed by atoms with Gasteiger partial charge in [0.05, 0.1) is 5.41 Å². The number of carboxylic acid groups (broad SMARTS) is 1. The Bertz CT molecular complexity index is 500. The first-order chi connectivity index (χ1) is 9.36. The molecule has 1 heterocycles. The fourth-order valence-corrected chi connectivity index (χ4v) is 3.07. The van der Waals surface area contributed by atoms with Gasteiger partial charge >= 0.3 is 5.97 Å². The number of nitrogens with zero attached hydrogens (tertiary/aromatic N) is 1. The molecule has 1 saturated heterocycles. The van der Waals surface area contributed by atoms with Crippen LogP contribution in [-0.2, 0) is 11.3 Å². The summed E-state index contributed by atoms with van der Waals surface area (Å²) in [6.07, 6.45) is 0.589. The van der Waals surface area contributed by atoms with Crippen molar-refractivity contribution in [2.24, 2.45) is 11.3 Å². The molecular weight excluding hydrogens is 281 g/mol. The summed E-state index contributed by atoms with van der Waals surface area (Å²) in [5.41, 5.74) is -0.295. The minimum absolute atomic E-state index is 0.0427. The molecule has 3 nitrogen and oxygen atoms in total. The molecule has 0 aromatic heterocycles. The molecule has 1 aliphatic heterocycles. The van der Waals surface area contributed by atoms with Gasteiger partial charge in [0.15, 0.2) is 0 Å². The third kappa shape index (κ3) is 2.67. The van der Waals surface area contributed by atoms with E-state index in [9.17, 15) is 14.3 Å². The fraction of sp³-hybridized carbons (Fsp3) is 0.533. The summed E-state index contributed by atoms with van der Waals surface area (Å²) in [4.78, 5) is 13.5. The normalized spacial score (nSPS) is 23.4. The van der Waals surface area contributed by atoms with E-state index in [1.807, 2.05) is 18.7 Å². The summed E-state index contributed by atoms with van der Waals surface area (Å²) in [5, 5.41) is 9.89. The molecule has 1 aliphatic rings. The number of likely N-dealkylation sites (tertiary alicyclic amines) is 1. The van der Waals surface area contributed by atoms with Crippen LogP contribution in [0.15, 0.2) is 18.2 Å². The number of hydrogen-bond donors (Lipinski definition) is 1.